The van der Waals surface area contributed by atoms with E-state index in [9.17, 15) is 9.90 Å². The van der Waals surface area contributed by atoms with Crippen LogP contribution in [-0.2, 0) is 19.3 Å². The molecule has 0 saturated carbocycles. The highest BCUT2D eigenvalue weighted by Crippen LogP contribution is 2.28. The molecule has 0 aliphatic heterocycles. The lowest BCUT2D eigenvalue weighted by molar-refractivity contribution is 0.0695. The maximum Gasteiger partial charge on any atom is 0.337 e. The lowest BCUT2D eigenvalue weighted by Crippen LogP contribution is -2.10. The molecule has 0 aliphatic rings. The van der Waals surface area contributed by atoms with Crippen molar-refractivity contribution in [2.75, 3.05) is 0 Å². The Bertz CT molecular complexity index is 963. The molecule has 1 heterocycles. The van der Waals surface area contributed by atoms with Crippen molar-refractivity contribution in [3.05, 3.63) is 87.1 Å². The summed E-state index contributed by atoms with van der Waals surface area (Å²) in [6.07, 6.45) is 3.17. The van der Waals surface area contributed by atoms with Crippen molar-refractivity contribution in [2.24, 2.45) is 0 Å². The molecule has 1 N–H and O–H groups in total. The predicted octanol–water partition coefficient (Wildman–Crippen LogP) is 6.26. The summed E-state index contributed by atoms with van der Waals surface area (Å²) in [5, 5.41) is 9.79. The van der Waals surface area contributed by atoms with E-state index < -0.39 is 5.97 Å². The lowest BCUT2D eigenvalue weighted by atomic mass is 9.96. The molecule has 4 heteroatoms. The van der Waals surface area contributed by atoms with Gasteiger partial charge in [-0.05, 0) is 55.5 Å². The molecule has 0 spiro atoms. The van der Waals surface area contributed by atoms with Crippen molar-refractivity contribution in [1.82, 2.24) is 4.98 Å². The van der Waals surface area contributed by atoms with Gasteiger partial charge in [-0.3, -0.25) is 4.98 Å². The second kappa shape index (κ2) is 9.16. The van der Waals surface area contributed by atoms with Gasteiger partial charge in [0.1, 0.15) is 0 Å². The van der Waals surface area contributed by atoms with E-state index in [-0.39, 0.29) is 0 Å². The standard InChI is InChI=1S/C24H24BrNO2/c1-3-4-22-20(18-10-12-19(25)13-11-18)15-21(24(27)28)23(26-22)14-9-17-7-5-16(2)6-8-17/h5-8,10-13,15H,3-4,9,14H2,1-2H3,(H,27,28). The van der Waals surface area contributed by atoms with Crippen molar-refractivity contribution in [1.29, 1.82) is 0 Å². The third-order valence-corrected chi connectivity index (χ3v) is 5.35. The molecule has 0 amide bonds. The molecular weight excluding hydrogens is 414 g/mol. The van der Waals surface area contributed by atoms with Crippen molar-refractivity contribution in [3.63, 3.8) is 0 Å². The number of nitrogens with zero attached hydrogens (tertiary/aromatic N) is 1. The first-order valence-electron chi connectivity index (χ1n) is 9.55. The highest BCUT2D eigenvalue weighted by atomic mass is 79.9. The number of carboxylic acids is 1. The molecule has 0 unspecified atom stereocenters. The Kier molecular flexibility index (Phi) is 6.63. The van der Waals surface area contributed by atoms with Crippen LogP contribution in [0.5, 0.6) is 0 Å². The molecule has 0 atom stereocenters. The number of aromatic carboxylic acids is 1. The molecule has 1 aromatic heterocycles. The van der Waals surface area contributed by atoms with Gasteiger partial charge < -0.3 is 5.11 Å². The molecule has 0 aliphatic carbocycles. The third-order valence-electron chi connectivity index (χ3n) is 4.82. The quantitative estimate of drug-likeness (QED) is 0.474. The number of hydrogen-bond acceptors (Lipinski definition) is 2. The van der Waals surface area contributed by atoms with Gasteiger partial charge in [-0.15, -0.1) is 0 Å². The number of aryl methyl sites for hydroxylation is 4. The number of carbonyl (C=O) groups is 1. The van der Waals surface area contributed by atoms with E-state index in [1.54, 1.807) is 6.07 Å². The van der Waals surface area contributed by atoms with E-state index in [1.807, 2.05) is 24.3 Å². The smallest absolute Gasteiger partial charge is 0.337 e. The summed E-state index contributed by atoms with van der Waals surface area (Å²) in [6, 6.07) is 18.1. The van der Waals surface area contributed by atoms with Crippen molar-refractivity contribution in [3.8, 4) is 11.1 Å². The van der Waals surface area contributed by atoms with Gasteiger partial charge in [0.15, 0.2) is 0 Å². The largest absolute Gasteiger partial charge is 0.478 e. The zero-order valence-electron chi connectivity index (χ0n) is 16.2. The summed E-state index contributed by atoms with van der Waals surface area (Å²) in [5.41, 5.74) is 6.24. The lowest BCUT2D eigenvalue weighted by Gasteiger charge is -2.14. The Morgan fingerprint density at radius 2 is 1.64 bits per heavy atom. The van der Waals surface area contributed by atoms with E-state index in [0.29, 0.717) is 17.7 Å². The van der Waals surface area contributed by atoms with E-state index in [1.165, 1.54) is 11.1 Å². The van der Waals surface area contributed by atoms with Gasteiger partial charge in [0.05, 0.1) is 11.3 Å². The zero-order chi connectivity index (χ0) is 20.1. The van der Waals surface area contributed by atoms with E-state index in [2.05, 4.69) is 54.0 Å². The van der Waals surface area contributed by atoms with E-state index >= 15 is 0 Å². The van der Waals surface area contributed by atoms with Gasteiger partial charge in [-0.25, -0.2) is 4.79 Å². The van der Waals surface area contributed by atoms with Crippen LogP contribution >= 0.6 is 15.9 Å². The fourth-order valence-corrected chi connectivity index (χ4v) is 3.56. The monoisotopic (exact) mass is 437 g/mol. The number of halogens is 1. The summed E-state index contributed by atoms with van der Waals surface area (Å²) in [5.74, 6) is -0.923. The van der Waals surface area contributed by atoms with Crippen LogP contribution in [0.2, 0.25) is 0 Å². The number of benzene rings is 2. The van der Waals surface area contributed by atoms with E-state index in [4.69, 9.17) is 4.98 Å². The summed E-state index contributed by atoms with van der Waals surface area (Å²) in [6.45, 7) is 4.18. The maximum absolute atomic E-state index is 11.9. The highest BCUT2D eigenvalue weighted by molar-refractivity contribution is 9.10. The minimum absolute atomic E-state index is 0.296. The normalized spacial score (nSPS) is 10.8. The number of aromatic nitrogens is 1. The van der Waals surface area contributed by atoms with Gasteiger partial charge in [-0.2, -0.15) is 0 Å². The van der Waals surface area contributed by atoms with Crippen LogP contribution in [0.15, 0.2) is 59.1 Å². The Hall–Kier alpha value is -2.46. The van der Waals surface area contributed by atoms with Crippen LogP contribution < -0.4 is 0 Å². The summed E-state index contributed by atoms with van der Waals surface area (Å²) in [7, 11) is 0. The molecule has 3 aromatic rings. The molecule has 0 bridgehead atoms. The van der Waals surface area contributed by atoms with Crippen LogP contribution in [0.3, 0.4) is 0 Å². The topological polar surface area (TPSA) is 50.2 Å². The number of rotatable bonds is 7. The molecule has 0 radical (unpaired) electrons. The maximum atomic E-state index is 11.9. The zero-order valence-corrected chi connectivity index (χ0v) is 17.8. The fourth-order valence-electron chi connectivity index (χ4n) is 3.29. The van der Waals surface area contributed by atoms with Crippen LogP contribution in [-0.4, -0.2) is 16.1 Å². The molecule has 144 valence electrons. The Morgan fingerprint density at radius 3 is 2.25 bits per heavy atom. The van der Waals surface area contributed by atoms with E-state index in [0.717, 1.165) is 40.6 Å². The Balaban J connectivity index is 1.99. The van der Waals surface area contributed by atoms with Crippen molar-refractivity contribution < 1.29 is 9.90 Å². The van der Waals surface area contributed by atoms with Gasteiger partial charge in [-0.1, -0.05) is 71.2 Å². The average Bonchev–Trinajstić information content (AvgIpc) is 2.68. The predicted molar refractivity (Wildman–Crippen MR) is 117 cm³/mol. The van der Waals surface area contributed by atoms with Gasteiger partial charge >= 0.3 is 5.97 Å². The second-order valence-electron chi connectivity index (χ2n) is 7.02. The third kappa shape index (κ3) is 4.87. The fraction of sp³-hybridized carbons (Fsp3) is 0.250. The minimum Gasteiger partial charge on any atom is -0.478 e. The van der Waals surface area contributed by atoms with Crippen molar-refractivity contribution >= 4 is 21.9 Å². The van der Waals surface area contributed by atoms with Crippen molar-refractivity contribution in [2.45, 2.75) is 39.5 Å². The van der Waals surface area contributed by atoms with Gasteiger partial charge in [0, 0.05) is 15.7 Å². The molecule has 3 nitrogen and oxygen atoms in total. The Labute approximate surface area is 174 Å². The van der Waals surface area contributed by atoms with Crippen LogP contribution in [0.25, 0.3) is 11.1 Å². The minimum atomic E-state index is -0.923. The number of carboxylic acid groups (broad SMARTS) is 1. The molecule has 28 heavy (non-hydrogen) atoms. The van der Waals surface area contributed by atoms with Gasteiger partial charge in [0.25, 0.3) is 0 Å². The van der Waals surface area contributed by atoms with Gasteiger partial charge in [0.2, 0.25) is 0 Å². The SMILES string of the molecule is CCCc1nc(CCc2ccc(C)cc2)c(C(=O)O)cc1-c1ccc(Br)cc1. The molecule has 0 fully saturated rings. The van der Waals surface area contributed by atoms with Crippen LogP contribution in [0, 0.1) is 6.92 Å². The first-order valence-corrected chi connectivity index (χ1v) is 10.3. The average molecular weight is 438 g/mol. The second-order valence-corrected chi connectivity index (χ2v) is 7.94. The first-order chi connectivity index (χ1) is 13.5. The summed E-state index contributed by atoms with van der Waals surface area (Å²) >= 11 is 3.45. The number of hydrogen-bond donors (Lipinski definition) is 1. The summed E-state index contributed by atoms with van der Waals surface area (Å²) in [4.78, 5) is 16.8. The molecule has 2 aromatic carbocycles. The van der Waals surface area contributed by atoms with Crippen LogP contribution in [0.4, 0.5) is 0 Å². The first kappa shape index (κ1) is 20.3. The highest BCUT2D eigenvalue weighted by Gasteiger charge is 2.17. The Morgan fingerprint density at radius 1 is 0.964 bits per heavy atom. The molecule has 0 saturated heterocycles. The summed E-state index contributed by atoms with van der Waals surface area (Å²) < 4.78 is 0.995. The van der Waals surface area contributed by atoms with Crippen LogP contribution in [0.1, 0.15) is 46.2 Å². The molecule has 3 rings (SSSR count). The molecular formula is C24H24BrNO2. The number of pyridine rings is 1.